The van der Waals surface area contributed by atoms with Gasteiger partial charge in [-0.05, 0) is 5.92 Å². The maximum atomic E-state index is 12.2. The molecule has 0 radical (unpaired) electrons. The Bertz CT molecular complexity index is 381. The molecule has 6 heteroatoms. The van der Waals surface area contributed by atoms with Crippen molar-refractivity contribution in [2.45, 2.75) is 20.8 Å². The normalized spacial score (nSPS) is 25.8. The number of esters is 1. The lowest BCUT2D eigenvalue weighted by Gasteiger charge is -2.23. The Hall–Kier alpha value is -1.59. The molecule has 19 heavy (non-hydrogen) atoms. The molecule has 4 atom stereocenters. The highest BCUT2D eigenvalue weighted by Crippen LogP contribution is 2.26. The smallest absolute Gasteiger partial charge is 0.310 e. The fourth-order valence-corrected chi connectivity index (χ4v) is 2.32. The SMILES string of the molecule is COC(=O)C1CN(C(=O)C(C)C(C)C(=O)O)CC1C. The van der Waals surface area contributed by atoms with Gasteiger partial charge in [0.2, 0.25) is 5.91 Å². The summed E-state index contributed by atoms with van der Waals surface area (Å²) in [5.41, 5.74) is 0. The van der Waals surface area contributed by atoms with Gasteiger partial charge in [-0.25, -0.2) is 0 Å². The maximum absolute atomic E-state index is 12.2. The average Bonchev–Trinajstić information content (AvgIpc) is 2.77. The minimum absolute atomic E-state index is 0.0312. The standard InChI is InChI=1S/C13H21NO5/c1-7-5-14(6-10(7)13(18)19-4)11(15)8(2)9(3)12(16)17/h7-10H,5-6H2,1-4H3,(H,16,17). The van der Waals surface area contributed by atoms with Gasteiger partial charge in [-0.15, -0.1) is 0 Å². The number of carbonyl (C=O) groups excluding carboxylic acids is 2. The van der Waals surface area contributed by atoms with Crippen LogP contribution in [0.4, 0.5) is 0 Å². The molecule has 0 saturated carbocycles. The summed E-state index contributed by atoms with van der Waals surface area (Å²) >= 11 is 0. The van der Waals surface area contributed by atoms with Gasteiger partial charge in [0.15, 0.2) is 0 Å². The van der Waals surface area contributed by atoms with Crippen molar-refractivity contribution in [2.24, 2.45) is 23.7 Å². The first-order valence-corrected chi connectivity index (χ1v) is 6.39. The first kappa shape index (κ1) is 15.5. The molecule has 1 amide bonds. The van der Waals surface area contributed by atoms with E-state index in [1.807, 2.05) is 6.92 Å². The van der Waals surface area contributed by atoms with Gasteiger partial charge in [-0.1, -0.05) is 20.8 Å². The molecule has 1 N–H and O–H groups in total. The van der Waals surface area contributed by atoms with E-state index < -0.39 is 17.8 Å². The highest BCUT2D eigenvalue weighted by atomic mass is 16.5. The van der Waals surface area contributed by atoms with Gasteiger partial charge in [0.1, 0.15) is 0 Å². The van der Waals surface area contributed by atoms with E-state index >= 15 is 0 Å². The Morgan fingerprint density at radius 1 is 1.21 bits per heavy atom. The monoisotopic (exact) mass is 271 g/mol. The van der Waals surface area contributed by atoms with Crippen LogP contribution in [0.1, 0.15) is 20.8 Å². The predicted molar refractivity (Wildman–Crippen MR) is 67.2 cm³/mol. The topological polar surface area (TPSA) is 83.9 Å². The molecule has 108 valence electrons. The fourth-order valence-electron chi connectivity index (χ4n) is 2.32. The molecule has 0 bridgehead atoms. The third-order valence-electron chi connectivity index (χ3n) is 3.96. The molecule has 4 unspecified atom stereocenters. The maximum Gasteiger partial charge on any atom is 0.310 e. The van der Waals surface area contributed by atoms with Gasteiger partial charge < -0.3 is 14.7 Å². The number of aliphatic carboxylic acids is 1. The number of methoxy groups -OCH3 is 1. The molecule has 1 rings (SSSR count). The quantitative estimate of drug-likeness (QED) is 0.757. The number of amides is 1. The highest BCUT2D eigenvalue weighted by molar-refractivity contribution is 5.85. The first-order chi connectivity index (χ1) is 8.79. The Morgan fingerprint density at radius 2 is 1.79 bits per heavy atom. The average molecular weight is 271 g/mol. The molecular weight excluding hydrogens is 250 g/mol. The van der Waals surface area contributed by atoms with Crippen molar-refractivity contribution >= 4 is 17.8 Å². The number of rotatable bonds is 4. The summed E-state index contributed by atoms with van der Waals surface area (Å²) in [6, 6.07) is 0. The number of hydrogen-bond acceptors (Lipinski definition) is 4. The van der Waals surface area contributed by atoms with E-state index in [9.17, 15) is 14.4 Å². The molecule has 0 spiro atoms. The molecule has 0 aromatic rings. The lowest BCUT2D eigenvalue weighted by Crippen LogP contribution is -2.38. The third-order valence-corrected chi connectivity index (χ3v) is 3.96. The van der Waals surface area contributed by atoms with E-state index in [1.54, 1.807) is 11.8 Å². The third kappa shape index (κ3) is 3.24. The van der Waals surface area contributed by atoms with Crippen molar-refractivity contribution in [2.75, 3.05) is 20.2 Å². The van der Waals surface area contributed by atoms with Crippen LogP contribution in [-0.2, 0) is 19.1 Å². The van der Waals surface area contributed by atoms with Crippen LogP contribution in [0.2, 0.25) is 0 Å². The second-order valence-electron chi connectivity index (χ2n) is 5.27. The number of nitrogens with zero attached hydrogens (tertiary/aromatic N) is 1. The molecule has 6 nitrogen and oxygen atoms in total. The minimum atomic E-state index is -0.988. The second kappa shape index (κ2) is 6.04. The number of carboxylic acids is 1. The van der Waals surface area contributed by atoms with E-state index in [-0.39, 0.29) is 23.7 Å². The number of hydrogen-bond donors (Lipinski definition) is 1. The second-order valence-corrected chi connectivity index (χ2v) is 5.27. The molecule has 1 aliphatic rings. The Kier molecular flexibility index (Phi) is 4.91. The van der Waals surface area contributed by atoms with Gasteiger partial charge in [0.25, 0.3) is 0 Å². The van der Waals surface area contributed by atoms with Crippen molar-refractivity contribution in [3.8, 4) is 0 Å². The van der Waals surface area contributed by atoms with Gasteiger partial charge in [-0.2, -0.15) is 0 Å². The van der Waals surface area contributed by atoms with Crippen molar-refractivity contribution in [1.29, 1.82) is 0 Å². The van der Waals surface area contributed by atoms with Crippen LogP contribution < -0.4 is 0 Å². The lowest BCUT2D eigenvalue weighted by molar-refractivity contribution is -0.149. The predicted octanol–water partition coefficient (Wildman–Crippen LogP) is 0.611. The van der Waals surface area contributed by atoms with Crippen molar-refractivity contribution in [3.63, 3.8) is 0 Å². The van der Waals surface area contributed by atoms with E-state index in [0.717, 1.165) is 0 Å². The molecule has 0 aromatic carbocycles. The van der Waals surface area contributed by atoms with Crippen molar-refractivity contribution < 1.29 is 24.2 Å². The molecular formula is C13H21NO5. The van der Waals surface area contributed by atoms with Crippen LogP contribution in [-0.4, -0.2) is 48.1 Å². The van der Waals surface area contributed by atoms with E-state index in [1.165, 1.54) is 14.0 Å². The number of carbonyl (C=O) groups is 3. The van der Waals surface area contributed by atoms with Crippen LogP contribution in [0.25, 0.3) is 0 Å². The fraction of sp³-hybridized carbons (Fsp3) is 0.769. The number of likely N-dealkylation sites (tertiary alicyclic amines) is 1. The largest absolute Gasteiger partial charge is 0.481 e. The van der Waals surface area contributed by atoms with Crippen LogP contribution >= 0.6 is 0 Å². The van der Waals surface area contributed by atoms with Gasteiger partial charge in [-0.3, -0.25) is 14.4 Å². The Labute approximate surface area is 112 Å². The molecule has 0 aromatic heterocycles. The van der Waals surface area contributed by atoms with Gasteiger partial charge >= 0.3 is 11.9 Å². The molecule has 0 aliphatic carbocycles. The van der Waals surface area contributed by atoms with E-state index in [2.05, 4.69) is 0 Å². The summed E-state index contributed by atoms with van der Waals surface area (Å²) < 4.78 is 4.71. The zero-order valence-electron chi connectivity index (χ0n) is 11.8. The summed E-state index contributed by atoms with van der Waals surface area (Å²) in [6.45, 7) is 5.79. The van der Waals surface area contributed by atoms with E-state index in [4.69, 9.17) is 9.84 Å². The van der Waals surface area contributed by atoms with Crippen LogP contribution in [0.5, 0.6) is 0 Å². The summed E-state index contributed by atoms with van der Waals surface area (Å²) in [5.74, 6) is -3.14. The minimum Gasteiger partial charge on any atom is -0.481 e. The Morgan fingerprint density at radius 3 is 2.26 bits per heavy atom. The number of carboxylic acid groups (broad SMARTS) is 1. The van der Waals surface area contributed by atoms with Crippen molar-refractivity contribution in [1.82, 2.24) is 4.90 Å². The summed E-state index contributed by atoms with van der Waals surface area (Å²) in [6.07, 6.45) is 0. The van der Waals surface area contributed by atoms with Crippen LogP contribution in [0.3, 0.4) is 0 Å². The lowest BCUT2D eigenvalue weighted by atomic mass is 9.95. The van der Waals surface area contributed by atoms with Gasteiger partial charge in [0.05, 0.1) is 18.9 Å². The molecule has 1 aliphatic heterocycles. The van der Waals surface area contributed by atoms with Crippen LogP contribution in [0, 0.1) is 23.7 Å². The summed E-state index contributed by atoms with van der Waals surface area (Å²) in [7, 11) is 1.33. The zero-order valence-corrected chi connectivity index (χ0v) is 11.8. The van der Waals surface area contributed by atoms with Crippen LogP contribution in [0.15, 0.2) is 0 Å². The summed E-state index contributed by atoms with van der Waals surface area (Å²) in [5, 5.41) is 8.93. The summed E-state index contributed by atoms with van der Waals surface area (Å²) in [4.78, 5) is 36.2. The zero-order chi connectivity index (χ0) is 14.7. The highest BCUT2D eigenvalue weighted by Gasteiger charge is 2.40. The van der Waals surface area contributed by atoms with Gasteiger partial charge in [0, 0.05) is 19.0 Å². The first-order valence-electron chi connectivity index (χ1n) is 6.39. The molecule has 1 saturated heterocycles. The van der Waals surface area contributed by atoms with E-state index in [0.29, 0.717) is 13.1 Å². The Balaban J connectivity index is 2.70. The van der Waals surface area contributed by atoms with Crippen molar-refractivity contribution in [3.05, 3.63) is 0 Å². The molecule has 1 heterocycles. The number of ether oxygens (including phenoxy) is 1. The molecule has 1 fully saturated rings.